The van der Waals surface area contributed by atoms with Crippen molar-refractivity contribution in [2.75, 3.05) is 33.2 Å². The number of likely N-dealkylation sites (N-methyl/N-ethyl adjacent to an activating group) is 1. The first-order valence-corrected chi connectivity index (χ1v) is 6.38. The van der Waals surface area contributed by atoms with Crippen LogP contribution in [-0.2, 0) is 0 Å². The van der Waals surface area contributed by atoms with Crippen molar-refractivity contribution < 1.29 is 0 Å². The standard InChI is InChI=1S/C12H25N3/c1-15-8-2-6-12(9-13,10-15)14-7-5-11-3-4-11/h11,14H,2-10,13H2,1H3. The van der Waals surface area contributed by atoms with Gasteiger partial charge in [0.2, 0.25) is 0 Å². The van der Waals surface area contributed by atoms with Crippen molar-refractivity contribution in [3.05, 3.63) is 0 Å². The highest BCUT2D eigenvalue weighted by atomic mass is 15.2. The van der Waals surface area contributed by atoms with E-state index in [4.69, 9.17) is 5.73 Å². The van der Waals surface area contributed by atoms with Gasteiger partial charge in [0, 0.05) is 18.6 Å². The van der Waals surface area contributed by atoms with E-state index in [2.05, 4.69) is 17.3 Å². The van der Waals surface area contributed by atoms with Crippen LogP contribution in [0.5, 0.6) is 0 Å². The Morgan fingerprint density at radius 2 is 2.27 bits per heavy atom. The van der Waals surface area contributed by atoms with Gasteiger partial charge in [-0.1, -0.05) is 12.8 Å². The molecular formula is C12H25N3. The zero-order valence-corrected chi connectivity index (χ0v) is 9.97. The van der Waals surface area contributed by atoms with Gasteiger partial charge >= 0.3 is 0 Å². The summed E-state index contributed by atoms with van der Waals surface area (Å²) in [5.41, 5.74) is 6.15. The van der Waals surface area contributed by atoms with E-state index < -0.39 is 0 Å². The lowest BCUT2D eigenvalue weighted by atomic mass is 9.89. The quantitative estimate of drug-likeness (QED) is 0.707. The summed E-state index contributed by atoms with van der Waals surface area (Å²) in [4.78, 5) is 2.40. The number of hydrogen-bond acceptors (Lipinski definition) is 3. The highest BCUT2D eigenvalue weighted by Crippen LogP contribution is 2.32. The van der Waals surface area contributed by atoms with Gasteiger partial charge in [0.1, 0.15) is 0 Å². The number of nitrogens with zero attached hydrogens (tertiary/aromatic N) is 1. The summed E-state index contributed by atoms with van der Waals surface area (Å²) in [6.07, 6.45) is 6.79. The third kappa shape index (κ3) is 3.16. The van der Waals surface area contributed by atoms with Crippen molar-refractivity contribution in [1.29, 1.82) is 0 Å². The first kappa shape index (κ1) is 11.4. The smallest absolute Gasteiger partial charge is 0.0432 e. The van der Waals surface area contributed by atoms with E-state index in [0.29, 0.717) is 0 Å². The van der Waals surface area contributed by atoms with Crippen LogP contribution < -0.4 is 11.1 Å². The molecule has 1 aliphatic carbocycles. The van der Waals surface area contributed by atoms with Gasteiger partial charge in [-0.3, -0.25) is 0 Å². The molecule has 1 aliphatic heterocycles. The van der Waals surface area contributed by atoms with Crippen molar-refractivity contribution >= 4 is 0 Å². The average molecular weight is 211 g/mol. The minimum absolute atomic E-state index is 0.210. The molecule has 0 aromatic carbocycles. The first-order chi connectivity index (χ1) is 7.24. The molecule has 88 valence electrons. The molecular weight excluding hydrogens is 186 g/mol. The molecule has 0 aromatic rings. The SMILES string of the molecule is CN1CCCC(CN)(NCCC2CC2)C1. The molecule has 2 rings (SSSR count). The minimum atomic E-state index is 0.210. The second-order valence-corrected chi connectivity index (χ2v) is 5.48. The van der Waals surface area contributed by atoms with Crippen molar-refractivity contribution in [1.82, 2.24) is 10.2 Å². The zero-order valence-electron chi connectivity index (χ0n) is 9.97. The largest absolute Gasteiger partial charge is 0.329 e. The maximum atomic E-state index is 5.94. The molecule has 1 heterocycles. The van der Waals surface area contributed by atoms with Crippen LogP contribution in [0.15, 0.2) is 0 Å². The summed E-state index contributed by atoms with van der Waals surface area (Å²) in [5, 5.41) is 3.72. The molecule has 1 saturated heterocycles. The maximum absolute atomic E-state index is 5.94. The Balaban J connectivity index is 1.77. The van der Waals surface area contributed by atoms with E-state index in [1.807, 2.05) is 0 Å². The second-order valence-electron chi connectivity index (χ2n) is 5.48. The van der Waals surface area contributed by atoms with Crippen LogP contribution in [0, 0.1) is 5.92 Å². The molecule has 0 aromatic heterocycles. The summed E-state index contributed by atoms with van der Waals surface area (Å²) in [5.74, 6) is 1.02. The molecule has 3 N–H and O–H groups in total. The molecule has 0 amide bonds. The normalized spacial score (nSPS) is 33.2. The number of likely N-dealkylation sites (tertiary alicyclic amines) is 1. The first-order valence-electron chi connectivity index (χ1n) is 6.38. The predicted molar refractivity (Wildman–Crippen MR) is 63.9 cm³/mol. The van der Waals surface area contributed by atoms with Crippen LogP contribution >= 0.6 is 0 Å². The Morgan fingerprint density at radius 3 is 2.87 bits per heavy atom. The Bertz CT molecular complexity index is 203. The van der Waals surface area contributed by atoms with E-state index in [1.165, 1.54) is 38.6 Å². The monoisotopic (exact) mass is 211 g/mol. The van der Waals surface area contributed by atoms with Crippen LogP contribution in [0.2, 0.25) is 0 Å². The molecule has 2 aliphatic rings. The molecule has 0 radical (unpaired) electrons. The molecule has 0 bridgehead atoms. The van der Waals surface area contributed by atoms with Crippen molar-refractivity contribution in [3.63, 3.8) is 0 Å². The Kier molecular flexibility index (Phi) is 3.65. The molecule has 1 saturated carbocycles. The van der Waals surface area contributed by atoms with E-state index in [1.54, 1.807) is 0 Å². The third-order valence-corrected chi connectivity index (χ3v) is 3.91. The van der Waals surface area contributed by atoms with Crippen LogP contribution in [0.3, 0.4) is 0 Å². The molecule has 15 heavy (non-hydrogen) atoms. The Hall–Kier alpha value is -0.120. The highest BCUT2D eigenvalue weighted by molar-refractivity contribution is 4.95. The van der Waals surface area contributed by atoms with Crippen molar-refractivity contribution in [3.8, 4) is 0 Å². The van der Waals surface area contributed by atoms with Crippen LogP contribution in [0.1, 0.15) is 32.1 Å². The van der Waals surface area contributed by atoms with Gasteiger partial charge in [-0.15, -0.1) is 0 Å². The summed E-state index contributed by atoms with van der Waals surface area (Å²) < 4.78 is 0. The van der Waals surface area contributed by atoms with Crippen molar-refractivity contribution in [2.24, 2.45) is 11.7 Å². The lowest BCUT2D eigenvalue weighted by Crippen LogP contribution is -2.60. The van der Waals surface area contributed by atoms with Crippen LogP contribution in [0.4, 0.5) is 0 Å². The number of rotatable bonds is 5. The average Bonchev–Trinajstić information content (AvgIpc) is 3.02. The van der Waals surface area contributed by atoms with Gasteiger partial charge in [-0.2, -0.15) is 0 Å². The number of hydrogen-bond donors (Lipinski definition) is 2. The van der Waals surface area contributed by atoms with Gasteiger partial charge in [-0.25, -0.2) is 0 Å². The van der Waals surface area contributed by atoms with Gasteiger partial charge < -0.3 is 16.0 Å². The lowest BCUT2D eigenvalue weighted by Gasteiger charge is -2.41. The number of nitrogens with one attached hydrogen (secondary N) is 1. The molecule has 0 spiro atoms. The third-order valence-electron chi connectivity index (χ3n) is 3.91. The second kappa shape index (κ2) is 4.81. The number of nitrogens with two attached hydrogens (primary N) is 1. The molecule has 1 atom stereocenters. The highest BCUT2D eigenvalue weighted by Gasteiger charge is 2.32. The minimum Gasteiger partial charge on any atom is -0.329 e. The van der Waals surface area contributed by atoms with E-state index in [9.17, 15) is 0 Å². The van der Waals surface area contributed by atoms with E-state index >= 15 is 0 Å². The molecule has 2 fully saturated rings. The number of piperidine rings is 1. The Morgan fingerprint density at radius 1 is 1.47 bits per heavy atom. The van der Waals surface area contributed by atoms with Crippen LogP contribution in [0.25, 0.3) is 0 Å². The Labute approximate surface area is 93.4 Å². The fourth-order valence-corrected chi connectivity index (χ4v) is 2.69. The van der Waals surface area contributed by atoms with E-state index in [0.717, 1.165) is 25.6 Å². The lowest BCUT2D eigenvalue weighted by molar-refractivity contribution is 0.149. The van der Waals surface area contributed by atoms with Crippen LogP contribution in [-0.4, -0.2) is 43.7 Å². The molecule has 1 unspecified atom stereocenters. The fraction of sp³-hybridized carbons (Fsp3) is 1.00. The maximum Gasteiger partial charge on any atom is 0.0432 e. The topological polar surface area (TPSA) is 41.3 Å². The molecule has 3 nitrogen and oxygen atoms in total. The van der Waals surface area contributed by atoms with E-state index in [-0.39, 0.29) is 5.54 Å². The van der Waals surface area contributed by atoms with Gasteiger partial charge in [0.25, 0.3) is 0 Å². The fourth-order valence-electron chi connectivity index (χ4n) is 2.69. The van der Waals surface area contributed by atoms with Gasteiger partial charge in [0.05, 0.1) is 0 Å². The van der Waals surface area contributed by atoms with Crippen molar-refractivity contribution in [2.45, 2.75) is 37.6 Å². The summed E-state index contributed by atoms with van der Waals surface area (Å²) in [6, 6.07) is 0. The summed E-state index contributed by atoms with van der Waals surface area (Å²) in [7, 11) is 2.20. The summed E-state index contributed by atoms with van der Waals surface area (Å²) >= 11 is 0. The van der Waals surface area contributed by atoms with Gasteiger partial charge in [-0.05, 0) is 45.3 Å². The van der Waals surface area contributed by atoms with Gasteiger partial charge in [0.15, 0.2) is 0 Å². The summed E-state index contributed by atoms with van der Waals surface area (Å²) in [6.45, 7) is 4.29. The predicted octanol–water partition coefficient (Wildman–Crippen LogP) is 0.799. The zero-order chi connectivity index (χ0) is 10.7. The molecule has 3 heteroatoms.